The molecule has 2 atom stereocenters. The summed E-state index contributed by atoms with van der Waals surface area (Å²) in [6, 6.07) is 7.64. The van der Waals surface area contributed by atoms with Crippen LogP contribution in [0.25, 0.3) is 0 Å². The van der Waals surface area contributed by atoms with Crippen molar-refractivity contribution in [1.82, 2.24) is 10.2 Å². The van der Waals surface area contributed by atoms with Crippen molar-refractivity contribution in [2.45, 2.75) is 39.3 Å². The van der Waals surface area contributed by atoms with Crippen LogP contribution in [-0.2, 0) is 0 Å². The molecule has 0 aliphatic carbocycles. The molecular formula is C16H25N3O2. The molecule has 0 saturated carbocycles. The van der Waals surface area contributed by atoms with E-state index in [4.69, 9.17) is 0 Å². The molecule has 0 radical (unpaired) electrons. The quantitative estimate of drug-likeness (QED) is 0.646. The largest absolute Gasteiger partial charge is 0.310 e. The second-order valence-electron chi connectivity index (χ2n) is 6.23. The van der Waals surface area contributed by atoms with E-state index >= 15 is 0 Å². The first-order valence-corrected chi connectivity index (χ1v) is 7.69. The number of nitrogens with zero attached hydrogens (tertiary/aromatic N) is 2. The van der Waals surface area contributed by atoms with Gasteiger partial charge in [0.1, 0.15) is 0 Å². The summed E-state index contributed by atoms with van der Waals surface area (Å²) < 4.78 is 0. The number of likely N-dealkylation sites (tertiary alicyclic amines) is 1. The normalized spacial score (nSPS) is 20.9. The van der Waals surface area contributed by atoms with Crippen LogP contribution in [0.1, 0.15) is 38.8 Å². The van der Waals surface area contributed by atoms with Gasteiger partial charge in [0.05, 0.1) is 4.92 Å². The van der Waals surface area contributed by atoms with Crippen LogP contribution >= 0.6 is 0 Å². The first-order valence-electron chi connectivity index (χ1n) is 7.69. The molecule has 116 valence electrons. The van der Waals surface area contributed by atoms with Crippen LogP contribution in [0.15, 0.2) is 24.3 Å². The molecule has 21 heavy (non-hydrogen) atoms. The monoisotopic (exact) mass is 291 g/mol. The van der Waals surface area contributed by atoms with E-state index in [0.29, 0.717) is 12.0 Å². The predicted octanol–water partition coefficient (Wildman–Crippen LogP) is 2.98. The van der Waals surface area contributed by atoms with Gasteiger partial charge in [0.2, 0.25) is 0 Å². The first kappa shape index (κ1) is 15.9. The molecule has 0 bridgehead atoms. The fourth-order valence-corrected chi connectivity index (χ4v) is 2.87. The molecule has 5 nitrogen and oxygen atoms in total. The van der Waals surface area contributed by atoms with E-state index in [2.05, 4.69) is 31.0 Å². The van der Waals surface area contributed by atoms with Crippen LogP contribution in [0.5, 0.6) is 0 Å². The second-order valence-corrected chi connectivity index (χ2v) is 6.23. The van der Waals surface area contributed by atoms with Crippen molar-refractivity contribution in [1.29, 1.82) is 0 Å². The Kier molecular flexibility index (Phi) is 5.31. The number of hydrogen-bond acceptors (Lipinski definition) is 4. The average molecular weight is 291 g/mol. The van der Waals surface area contributed by atoms with Gasteiger partial charge in [0.25, 0.3) is 5.69 Å². The van der Waals surface area contributed by atoms with Crippen molar-refractivity contribution in [3.05, 3.63) is 39.9 Å². The van der Waals surface area contributed by atoms with Crippen LogP contribution in [0.3, 0.4) is 0 Å². The SMILES string of the molecule is CC(NCC1CCN(C(C)C)C1)c1cccc([N+](=O)[O-])c1. The fraction of sp³-hybridized carbons (Fsp3) is 0.625. The molecule has 1 saturated heterocycles. The number of benzene rings is 1. The third-order valence-corrected chi connectivity index (χ3v) is 4.34. The summed E-state index contributed by atoms with van der Waals surface area (Å²) in [5.74, 6) is 0.675. The number of nitro groups is 1. The van der Waals surface area contributed by atoms with E-state index in [1.54, 1.807) is 12.1 Å². The lowest BCUT2D eigenvalue weighted by molar-refractivity contribution is -0.384. The third kappa shape index (κ3) is 4.25. The molecule has 1 aromatic rings. The van der Waals surface area contributed by atoms with E-state index in [0.717, 1.165) is 18.7 Å². The second kappa shape index (κ2) is 7.00. The molecule has 1 aromatic carbocycles. The molecule has 2 rings (SSSR count). The van der Waals surface area contributed by atoms with Crippen LogP contribution < -0.4 is 5.32 Å². The predicted molar refractivity (Wildman–Crippen MR) is 84.3 cm³/mol. The molecule has 1 N–H and O–H groups in total. The lowest BCUT2D eigenvalue weighted by Gasteiger charge is -2.21. The van der Waals surface area contributed by atoms with Gasteiger partial charge in [-0.2, -0.15) is 0 Å². The number of nitrogens with one attached hydrogen (secondary N) is 1. The zero-order valence-corrected chi connectivity index (χ0v) is 13.1. The molecule has 1 fully saturated rings. The Hall–Kier alpha value is -1.46. The fourth-order valence-electron chi connectivity index (χ4n) is 2.87. The minimum atomic E-state index is -0.340. The van der Waals surface area contributed by atoms with Crippen molar-refractivity contribution >= 4 is 5.69 Å². The summed E-state index contributed by atoms with van der Waals surface area (Å²) >= 11 is 0. The lowest BCUT2D eigenvalue weighted by atomic mass is 10.1. The van der Waals surface area contributed by atoms with E-state index in [1.807, 2.05) is 6.07 Å². The third-order valence-electron chi connectivity index (χ3n) is 4.34. The summed E-state index contributed by atoms with van der Waals surface area (Å²) in [5.41, 5.74) is 1.14. The van der Waals surface area contributed by atoms with Crippen LogP contribution in [-0.4, -0.2) is 35.5 Å². The summed E-state index contributed by atoms with van der Waals surface area (Å²) in [5, 5.41) is 14.3. The van der Waals surface area contributed by atoms with Gasteiger partial charge >= 0.3 is 0 Å². The van der Waals surface area contributed by atoms with Gasteiger partial charge in [0, 0.05) is 30.8 Å². The van der Waals surface area contributed by atoms with Crippen molar-refractivity contribution in [3.8, 4) is 0 Å². The van der Waals surface area contributed by atoms with E-state index in [-0.39, 0.29) is 16.7 Å². The highest BCUT2D eigenvalue weighted by atomic mass is 16.6. The zero-order chi connectivity index (χ0) is 15.4. The van der Waals surface area contributed by atoms with Gasteiger partial charge in [-0.3, -0.25) is 10.1 Å². The van der Waals surface area contributed by atoms with Gasteiger partial charge in [0.15, 0.2) is 0 Å². The molecule has 0 spiro atoms. The van der Waals surface area contributed by atoms with Gasteiger partial charge < -0.3 is 10.2 Å². The van der Waals surface area contributed by atoms with Gasteiger partial charge in [-0.15, -0.1) is 0 Å². The highest BCUT2D eigenvalue weighted by molar-refractivity contribution is 5.35. The zero-order valence-electron chi connectivity index (χ0n) is 13.1. The molecule has 0 amide bonds. The Morgan fingerprint density at radius 2 is 2.19 bits per heavy atom. The number of rotatable bonds is 6. The summed E-state index contributed by atoms with van der Waals surface area (Å²) in [4.78, 5) is 13.0. The minimum Gasteiger partial charge on any atom is -0.310 e. The van der Waals surface area contributed by atoms with Crippen molar-refractivity contribution in [2.75, 3.05) is 19.6 Å². The molecule has 2 unspecified atom stereocenters. The van der Waals surface area contributed by atoms with E-state index in [1.165, 1.54) is 19.0 Å². The van der Waals surface area contributed by atoms with Gasteiger partial charge in [-0.1, -0.05) is 12.1 Å². The Morgan fingerprint density at radius 3 is 2.81 bits per heavy atom. The maximum atomic E-state index is 10.8. The Morgan fingerprint density at radius 1 is 1.43 bits per heavy atom. The molecular weight excluding hydrogens is 266 g/mol. The van der Waals surface area contributed by atoms with E-state index in [9.17, 15) is 10.1 Å². The Bertz CT molecular complexity index is 490. The highest BCUT2D eigenvalue weighted by Crippen LogP contribution is 2.21. The summed E-state index contributed by atoms with van der Waals surface area (Å²) in [7, 11) is 0. The highest BCUT2D eigenvalue weighted by Gasteiger charge is 2.24. The number of non-ortho nitro benzene ring substituents is 1. The van der Waals surface area contributed by atoms with Crippen LogP contribution in [0, 0.1) is 16.0 Å². The maximum Gasteiger partial charge on any atom is 0.269 e. The molecule has 0 aromatic heterocycles. The maximum absolute atomic E-state index is 10.8. The van der Waals surface area contributed by atoms with Gasteiger partial charge in [-0.25, -0.2) is 0 Å². The standard InChI is InChI=1S/C16H25N3O2/c1-12(2)18-8-7-14(11-18)10-17-13(3)15-5-4-6-16(9-15)19(20)21/h4-6,9,12-14,17H,7-8,10-11H2,1-3H3. The summed E-state index contributed by atoms with van der Waals surface area (Å²) in [6.45, 7) is 9.83. The minimum absolute atomic E-state index is 0.137. The molecule has 1 aliphatic rings. The average Bonchev–Trinajstić information content (AvgIpc) is 2.94. The number of hydrogen-bond donors (Lipinski definition) is 1. The van der Waals surface area contributed by atoms with Gasteiger partial charge in [-0.05, 0) is 51.8 Å². The van der Waals surface area contributed by atoms with Crippen molar-refractivity contribution in [3.63, 3.8) is 0 Å². The lowest BCUT2D eigenvalue weighted by Crippen LogP contribution is -2.31. The molecule has 1 heterocycles. The van der Waals surface area contributed by atoms with Crippen molar-refractivity contribution in [2.24, 2.45) is 5.92 Å². The molecule has 1 aliphatic heterocycles. The van der Waals surface area contributed by atoms with E-state index < -0.39 is 0 Å². The van der Waals surface area contributed by atoms with Crippen molar-refractivity contribution < 1.29 is 4.92 Å². The summed E-state index contributed by atoms with van der Waals surface area (Å²) in [6.07, 6.45) is 1.23. The van der Waals surface area contributed by atoms with Crippen LogP contribution in [0.2, 0.25) is 0 Å². The topological polar surface area (TPSA) is 58.4 Å². The number of nitro benzene ring substituents is 1. The molecule has 5 heteroatoms. The van der Waals surface area contributed by atoms with Crippen LogP contribution in [0.4, 0.5) is 5.69 Å². The Balaban J connectivity index is 1.86. The smallest absolute Gasteiger partial charge is 0.269 e. The first-order chi connectivity index (χ1) is 9.97. The Labute approximate surface area is 126 Å².